The Balaban J connectivity index is 1.28. The van der Waals surface area contributed by atoms with Gasteiger partial charge in [0.15, 0.2) is 0 Å². The van der Waals surface area contributed by atoms with Gasteiger partial charge in [0, 0.05) is 24.4 Å². The van der Waals surface area contributed by atoms with Crippen LogP contribution in [0.4, 0.5) is 0 Å². The molecule has 2 aliphatic heterocycles. The van der Waals surface area contributed by atoms with Gasteiger partial charge < -0.3 is 4.74 Å². The van der Waals surface area contributed by atoms with Crippen LogP contribution in [0.3, 0.4) is 0 Å². The summed E-state index contributed by atoms with van der Waals surface area (Å²) in [7, 11) is -3.47. The smallest absolute Gasteiger partial charge is 0.240 e. The van der Waals surface area contributed by atoms with Gasteiger partial charge in [0.1, 0.15) is 5.75 Å². The van der Waals surface area contributed by atoms with E-state index in [0.717, 1.165) is 50.2 Å². The first kappa shape index (κ1) is 20.7. The van der Waals surface area contributed by atoms with Crippen molar-refractivity contribution in [3.05, 3.63) is 53.6 Å². The third-order valence-electron chi connectivity index (χ3n) is 5.83. The molecule has 156 valence electrons. The number of rotatable bonds is 7. The third kappa shape index (κ3) is 4.97. The van der Waals surface area contributed by atoms with Gasteiger partial charge in [-0.25, -0.2) is 13.1 Å². The Labute approximate surface area is 177 Å². The van der Waals surface area contributed by atoms with Crippen molar-refractivity contribution in [1.82, 2.24) is 9.62 Å². The number of fused-ring (bicyclic) bond motifs is 1. The summed E-state index contributed by atoms with van der Waals surface area (Å²) in [5.74, 6) is 1.19. The van der Waals surface area contributed by atoms with Gasteiger partial charge in [-0.05, 0) is 73.5 Å². The fourth-order valence-corrected chi connectivity index (χ4v) is 5.84. The minimum atomic E-state index is -3.47. The maximum absolute atomic E-state index is 12.7. The molecule has 1 fully saturated rings. The maximum atomic E-state index is 12.7. The summed E-state index contributed by atoms with van der Waals surface area (Å²) in [6.45, 7) is 4.11. The highest BCUT2D eigenvalue weighted by molar-refractivity contribution is 7.98. The standard InChI is InChI=1S/C22H28N2O3S2/c1-28-22-5-3-2-4-19(22)16-24-11-8-17(9-12-24)15-23-29(25,26)20-6-7-21-18(14-20)10-13-27-21/h2-7,14,17,23H,8-13,15-16H2,1H3. The molecule has 2 aromatic carbocycles. The van der Waals surface area contributed by atoms with Crippen molar-refractivity contribution >= 4 is 21.8 Å². The third-order valence-corrected chi connectivity index (χ3v) is 8.09. The lowest BCUT2D eigenvalue weighted by Gasteiger charge is -2.32. The summed E-state index contributed by atoms with van der Waals surface area (Å²) in [4.78, 5) is 4.15. The lowest BCUT2D eigenvalue weighted by molar-refractivity contribution is 0.177. The van der Waals surface area contributed by atoms with E-state index in [4.69, 9.17) is 4.74 Å². The molecular formula is C22H28N2O3S2. The van der Waals surface area contributed by atoms with Gasteiger partial charge in [0.25, 0.3) is 0 Å². The quantitative estimate of drug-likeness (QED) is 0.679. The predicted octanol–water partition coefficient (Wildman–Crippen LogP) is 3.53. The van der Waals surface area contributed by atoms with E-state index in [1.54, 1.807) is 30.0 Å². The Morgan fingerprint density at radius 3 is 2.76 bits per heavy atom. The SMILES string of the molecule is CSc1ccccc1CN1CCC(CNS(=O)(=O)c2ccc3c(c2)CCO3)CC1. The highest BCUT2D eigenvalue weighted by Crippen LogP contribution is 2.28. The highest BCUT2D eigenvalue weighted by Gasteiger charge is 2.23. The number of nitrogens with one attached hydrogen (secondary N) is 1. The highest BCUT2D eigenvalue weighted by atomic mass is 32.2. The summed E-state index contributed by atoms with van der Waals surface area (Å²) in [6.07, 6.45) is 4.92. The summed E-state index contributed by atoms with van der Waals surface area (Å²) in [6, 6.07) is 13.7. The van der Waals surface area contributed by atoms with E-state index in [9.17, 15) is 8.42 Å². The molecule has 1 saturated heterocycles. The number of likely N-dealkylation sites (tertiary alicyclic amines) is 1. The van der Waals surface area contributed by atoms with Crippen LogP contribution in [0.2, 0.25) is 0 Å². The van der Waals surface area contributed by atoms with Gasteiger partial charge in [-0.2, -0.15) is 0 Å². The van der Waals surface area contributed by atoms with Crippen molar-refractivity contribution in [2.75, 3.05) is 32.5 Å². The fourth-order valence-electron chi connectivity index (χ4n) is 4.06. The molecule has 0 aromatic heterocycles. The van der Waals surface area contributed by atoms with Crippen molar-refractivity contribution in [2.24, 2.45) is 5.92 Å². The van der Waals surface area contributed by atoms with Crippen molar-refractivity contribution in [2.45, 2.75) is 35.6 Å². The largest absolute Gasteiger partial charge is 0.493 e. The van der Waals surface area contributed by atoms with Gasteiger partial charge >= 0.3 is 0 Å². The number of benzene rings is 2. The molecule has 0 atom stereocenters. The van der Waals surface area contributed by atoms with Crippen molar-refractivity contribution < 1.29 is 13.2 Å². The van der Waals surface area contributed by atoms with Gasteiger partial charge in [-0.1, -0.05) is 18.2 Å². The first-order valence-electron chi connectivity index (χ1n) is 10.1. The lowest BCUT2D eigenvalue weighted by atomic mass is 9.97. The number of sulfonamides is 1. The van der Waals surface area contributed by atoms with Crippen molar-refractivity contribution in [3.8, 4) is 5.75 Å². The van der Waals surface area contributed by atoms with Crippen LogP contribution in [0.15, 0.2) is 52.3 Å². The van der Waals surface area contributed by atoms with E-state index < -0.39 is 10.0 Å². The van der Waals surface area contributed by atoms with Crippen LogP contribution in [0.1, 0.15) is 24.0 Å². The summed E-state index contributed by atoms with van der Waals surface area (Å²) in [5.41, 5.74) is 2.35. The zero-order valence-electron chi connectivity index (χ0n) is 16.8. The van der Waals surface area contributed by atoms with Crippen LogP contribution in [-0.4, -0.2) is 45.8 Å². The Bertz CT molecular complexity index is 954. The van der Waals surface area contributed by atoms with Crippen LogP contribution in [0.5, 0.6) is 5.75 Å². The van der Waals surface area contributed by atoms with Crippen LogP contribution < -0.4 is 9.46 Å². The van der Waals surface area contributed by atoms with Gasteiger partial charge in [-0.3, -0.25) is 4.90 Å². The second kappa shape index (κ2) is 9.08. The first-order valence-corrected chi connectivity index (χ1v) is 12.9. The van der Waals surface area contributed by atoms with E-state index in [0.29, 0.717) is 24.0 Å². The molecule has 0 radical (unpaired) electrons. The fraction of sp³-hybridized carbons (Fsp3) is 0.455. The minimum Gasteiger partial charge on any atom is -0.493 e. The first-order chi connectivity index (χ1) is 14.0. The Morgan fingerprint density at radius 2 is 1.97 bits per heavy atom. The molecule has 5 nitrogen and oxygen atoms in total. The predicted molar refractivity (Wildman–Crippen MR) is 117 cm³/mol. The Hall–Kier alpha value is -1.54. The summed E-state index contributed by atoms with van der Waals surface area (Å²) < 4.78 is 33.7. The molecule has 29 heavy (non-hydrogen) atoms. The van der Waals surface area contributed by atoms with E-state index in [-0.39, 0.29) is 0 Å². The zero-order valence-corrected chi connectivity index (χ0v) is 18.4. The number of hydrogen-bond acceptors (Lipinski definition) is 5. The summed E-state index contributed by atoms with van der Waals surface area (Å²) in [5, 5.41) is 0. The minimum absolute atomic E-state index is 0.341. The lowest BCUT2D eigenvalue weighted by Crippen LogP contribution is -2.38. The molecule has 0 saturated carbocycles. The maximum Gasteiger partial charge on any atom is 0.240 e. The molecule has 4 rings (SSSR count). The summed E-state index contributed by atoms with van der Waals surface area (Å²) >= 11 is 1.79. The number of thioether (sulfide) groups is 1. The molecule has 2 heterocycles. The van der Waals surface area contributed by atoms with Crippen LogP contribution in [0.25, 0.3) is 0 Å². The number of nitrogens with zero attached hydrogens (tertiary/aromatic N) is 1. The van der Waals surface area contributed by atoms with E-state index in [2.05, 4.69) is 40.1 Å². The second-order valence-corrected chi connectivity index (χ2v) is 10.4. The molecule has 0 bridgehead atoms. The topological polar surface area (TPSA) is 58.6 Å². The molecule has 0 unspecified atom stereocenters. The van der Waals surface area contributed by atoms with Crippen molar-refractivity contribution in [3.63, 3.8) is 0 Å². The van der Waals surface area contributed by atoms with Gasteiger partial charge in [0.2, 0.25) is 10.0 Å². The normalized spacial score (nSPS) is 17.8. The molecule has 2 aliphatic rings. The van der Waals surface area contributed by atoms with E-state index in [1.165, 1.54) is 10.5 Å². The van der Waals surface area contributed by atoms with Crippen LogP contribution in [0, 0.1) is 5.92 Å². The molecular weight excluding hydrogens is 404 g/mol. The zero-order chi connectivity index (χ0) is 20.3. The monoisotopic (exact) mass is 432 g/mol. The van der Waals surface area contributed by atoms with Crippen LogP contribution >= 0.6 is 11.8 Å². The molecule has 0 aliphatic carbocycles. The molecule has 1 N–H and O–H groups in total. The van der Waals surface area contributed by atoms with Gasteiger partial charge in [0.05, 0.1) is 11.5 Å². The number of ether oxygens (including phenoxy) is 1. The number of hydrogen-bond donors (Lipinski definition) is 1. The van der Waals surface area contributed by atoms with E-state index in [1.807, 2.05) is 0 Å². The molecule has 0 amide bonds. The van der Waals surface area contributed by atoms with E-state index >= 15 is 0 Å². The average Bonchev–Trinajstić information content (AvgIpc) is 3.22. The van der Waals surface area contributed by atoms with Crippen molar-refractivity contribution in [1.29, 1.82) is 0 Å². The average molecular weight is 433 g/mol. The second-order valence-electron chi connectivity index (χ2n) is 7.75. The molecule has 0 spiro atoms. The Kier molecular flexibility index (Phi) is 6.49. The van der Waals surface area contributed by atoms with Gasteiger partial charge in [-0.15, -0.1) is 11.8 Å². The Morgan fingerprint density at radius 1 is 1.17 bits per heavy atom. The number of piperidine rings is 1. The molecule has 7 heteroatoms. The van der Waals surface area contributed by atoms with Crippen LogP contribution in [-0.2, 0) is 23.0 Å². The molecule has 2 aromatic rings.